The topological polar surface area (TPSA) is 180 Å². The summed E-state index contributed by atoms with van der Waals surface area (Å²) in [7, 11) is -4.05. The second-order valence-electron chi connectivity index (χ2n) is 9.95. The third-order valence-electron chi connectivity index (χ3n) is 5.73. The van der Waals surface area contributed by atoms with Crippen molar-refractivity contribution in [2.24, 2.45) is 5.41 Å². The van der Waals surface area contributed by atoms with Crippen LogP contribution in [0.15, 0.2) is 30.3 Å². The Hall–Kier alpha value is -3.06. The van der Waals surface area contributed by atoms with Gasteiger partial charge in [0.25, 0.3) is 5.91 Å². The van der Waals surface area contributed by atoms with E-state index in [0.29, 0.717) is 0 Å². The van der Waals surface area contributed by atoms with Crippen LogP contribution in [-0.2, 0) is 47.1 Å². The van der Waals surface area contributed by atoms with Crippen LogP contribution in [0, 0.1) is 5.41 Å². The average Bonchev–Trinajstić information content (AvgIpc) is 2.92. The van der Waals surface area contributed by atoms with E-state index in [4.69, 9.17) is 18.3 Å². The molecule has 0 saturated carbocycles. The van der Waals surface area contributed by atoms with Crippen molar-refractivity contribution >= 4 is 54.1 Å². The van der Waals surface area contributed by atoms with Crippen molar-refractivity contribution < 1.29 is 51.6 Å². The maximum absolute atomic E-state index is 13.0. The largest absolute Gasteiger partial charge is 0.530 e. The number of nitrogens with one attached hydrogen (secondary N) is 2. The van der Waals surface area contributed by atoms with Gasteiger partial charge in [-0.3, -0.25) is 37.8 Å². The van der Waals surface area contributed by atoms with Gasteiger partial charge in [-0.05, 0) is 19.1 Å². The molecule has 2 rings (SSSR count). The smallest absolute Gasteiger partial charge is 0.466 e. The van der Waals surface area contributed by atoms with Crippen LogP contribution in [0.5, 0.6) is 5.75 Å². The molecule has 0 aromatic heterocycles. The van der Waals surface area contributed by atoms with Gasteiger partial charge in [0, 0.05) is 37.1 Å². The normalized spacial score (nSPS) is 19.3. The van der Waals surface area contributed by atoms with Crippen molar-refractivity contribution in [3.63, 3.8) is 0 Å². The first-order valence-corrected chi connectivity index (χ1v) is 15.8. The lowest BCUT2D eigenvalue weighted by Gasteiger charge is -2.39. The number of esters is 1. The number of phosphoric ester groups is 1. The Morgan fingerprint density at radius 2 is 1.69 bits per heavy atom. The maximum Gasteiger partial charge on any atom is 0.530 e. The Bertz CT molecular complexity index is 1180. The third kappa shape index (κ3) is 12.8. The van der Waals surface area contributed by atoms with E-state index in [-0.39, 0.29) is 63.0 Å². The van der Waals surface area contributed by atoms with Crippen molar-refractivity contribution in [3.8, 4) is 5.75 Å². The van der Waals surface area contributed by atoms with E-state index in [9.17, 15) is 33.3 Å². The molecule has 232 valence electrons. The molecule has 2 N–H and O–H groups in total. The van der Waals surface area contributed by atoms with Crippen molar-refractivity contribution in [1.82, 2.24) is 10.6 Å². The van der Waals surface area contributed by atoms with Gasteiger partial charge in [-0.1, -0.05) is 43.8 Å². The first kappa shape index (κ1) is 35.1. The molecule has 2 atom stereocenters. The minimum Gasteiger partial charge on any atom is -0.466 e. The van der Waals surface area contributed by atoms with Crippen LogP contribution in [0.1, 0.15) is 52.9 Å². The predicted octanol–water partition coefficient (Wildman–Crippen LogP) is 2.76. The Labute approximate surface area is 248 Å². The zero-order chi connectivity index (χ0) is 31.2. The van der Waals surface area contributed by atoms with Gasteiger partial charge in [0.15, 0.2) is 11.2 Å². The molecule has 1 aromatic rings. The number of ether oxygens (including phenoxy) is 1. The molecule has 1 fully saturated rings. The Balaban J connectivity index is 1.64. The van der Waals surface area contributed by atoms with E-state index in [0.717, 1.165) is 11.8 Å². The van der Waals surface area contributed by atoms with Crippen LogP contribution in [0.2, 0.25) is 0 Å². The zero-order valence-corrected chi connectivity index (χ0v) is 25.6. The number of thioether (sulfide) groups is 1. The maximum atomic E-state index is 13.0. The molecule has 1 aliphatic rings. The number of amides is 2. The Morgan fingerprint density at radius 1 is 0.976 bits per heavy atom. The molecule has 1 aliphatic heterocycles. The molecule has 42 heavy (non-hydrogen) atoms. The van der Waals surface area contributed by atoms with Crippen LogP contribution in [-0.4, -0.2) is 72.6 Å². The number of hydrogen-bond acceptors (Lipinski definition) is 12. The number of rotatable bonds is 17. The first-order valence-electron chi connectivity index (χ1n) is 13.4. The quantitative estimate of drug-likeness (QED) is 0.112. The summed E-state index contributed by atoms with van der Waals surface area (Å²) in [5.41, 5.74) is -0.818. The number of carbonyl (C=O) groups excluding carboxylic acids is 6. The van der Waals surface area contributed by atoms with Gasteiger partial charge in [0.2, 0.25) is 5.91 Å². The van der Waals surface area contributed by atoms with Crippen LogP contribution < -0.4 is 15.2 Å². The molecule has 0 bridgehead atoms. The molecule has 2 amide bonds. The minimum absolute atomic E-state index is 0.0178. The second-order valence-corrected chi connectivity index (χ2v) is 12.6. The van der Waals surface area contributed by atoms with E-state index < -0.39 is 60.7 Å². The molecule has 1 saturated heterocycles. The molecule has 1 unspecified atom stereocenters. The van der Waals surface area contributed by atoms with Gasteiger partial charge in [-0.2, -0.15) is 0 Å². The fourth-order valence-electron chi connectivity index (χ4n) is 3.58. The van der Waals surface area contributed by atoms with Gasteiger partial charge in [-0.25, -0.2) is 4.57 Å². The molecule has 13 nitrogen and oxygen atoms in total. The van der Waals surface area contributed by atoms with Crippen LogP contribution >= 0.6 is 19.6 Å². The monoisotopic (exact) mass is 628 g/mol. The zero-order valence-electron chi connectivity index (χ0n) is 23.9. The van der Waals surface area contributed by atoms with Gasteiger partial charge in [-0.15, -0.1) is 0 Å². The summed E-state index contributed by atoms with van der Waals surface area (Å²) in [4.78, 5) is 71.9. The van der Waals surface area contributed by atoms with Crippen molar-refractivity contribution in [1.29, 1.82) is 0 Å². The number of benzene rings is 1. The lowest BCUT2D eigenvalue weighted by molar-refractivity contribution is -0.144. The summed E-state index contributed by atoms with van der Waals surface area (Å²) in [5, 5.41) is 4.77. The first-order chi connectivity index (χ1) is 19.8. The second kappa shape index (κ2) is 17.2. The van der Waals surface area contributed by atoms with Crippen LogP contribution in [0.4, 0.5) is 0 Å². The third-order valence-corrected chi connectivity index (χ3v) is 7.95. The molecule has 15 heteroatoms. The highest BCUT2D eigenvalue weighted by Gasteiger charge is 2.49. The molecule has 0 aliphatic carbocycles. The number of carbonyl (C=O) groups is 6. The Kier molecular flexibility index (Phi) is 14.3. The average molecular weight is 629 g/mol. The highest BCUT2D eigenvalue weighted by atomic mass is 32.2. The lowest BCUT2D eigenvalue weighted by atomic mass is 9.87. The lowest BCUT2D eigenvalue weighted by Crippen LogP contribution is -2.50. The molecule has 0 spiro atoms. The Morgan fingerprint density at radius 3 is 2.38 bits per heavy atom. The summed E-state index contributed by atoms with van der Waals surface area (Å²) < 4.78 is 33.9. The predicted molar refractivity (Wildman–Crippen MR) is 152 cm³/mol. The van der Waals surface area contributed by atoms with Crippen LogP contribution in [0.3, 0.4) is 0 Å². The molecular weight excluding hydrogens is 591 g/mol. The van der Waals surface area contributed by atoms with Crippen molar-refractivity contribution in [2.75, 3.05) is 32.1 Å². The number of para-hydroxylation sites is 1. The molecule has 0 radical (unpaired) electrons. The van der Waals surface area contributed by atoms with E-state index >= 15 is 0 Å². The summed E-state index contributed by atoms with van der Waals surface area (Å²) >= 11 is 0.850. The van der Waals surface area contributed by atoms with Crippen molar-refractivity contribution in [3.05, 3.63) is 30.3 Å². The SMILES string of the molecule is CCOC(=O)CCC(=O)CC(=O)CC(=O)SCCNC(=O)CCNC(=O)[C@@H]1OP(=O)(Oc2ccccc2)OCC1(C)C. The van der Waals surface area contributed by atoms with Crippen molar-refractivity contribution in [2.45, 2.75) is 59.0 Å². The van der Waals surface area contributed by atoms with Gasteiger partial charge in [0.05, 0.1) is 32.5 Å². The highest BCUT2D eigenvalue weighted by Crippen LogP contribution is 2.56. The summed E-state index contributed by atoms with van der Waals surface area (Å²) in [6, 6.07) is 8.29. The fraction of sp³-hybridized carbons (Fsp3) is 0.556. The van der Waals surface area contributed by atoms with Crippen LogP contribution in [0.25, 0.3) is 0 Å². The molecular formula is C27H37N2O11PS. The molecule has 1 heterocycles. The number of Topliss-reactive ketones (excluding diaryl/α,β-unsaturated/α-hetero) is 2. The number of ketones is 2. The summed E-state index contributed by atoms with van der Waals surface area (Å²) in [5.74, 6) is -1.97. The van der Waals surface area contributed by atoms with E-state index in [2.05, 4.69) is 10.6 Å². The fourth-order valence-corrected chi connectivity index (χ4v) is 5.94. The van der Waals surface area contributed by atoms with E-state index in [1.165, 1.54) is 0 Å². The van der Waals surface area contributed by atoms with Gasteiger partial charge < -0.3 is 19.9 Å². The number of phosphoric acid groups is 1. The highest BCUT2D eigenvalue weighted by molar-refractivity contribution is 8.13. The van der Waals surface area contributed by atoms with E-state index in [1.54, 1.807) is 51.1 Å². The summed E-state index contributed by atoms with van der Waals surface area (Å²) in [6.07, 6.45) is -2.30. The minimum atomic E-state index is -4.05. The summed E-state index contributed by atoms with van der Waals surface area (Å²) in [6.45, 7) is 5.36. The van der Waals surface area contributed by atoms with E-state index in [1.807, 2.05) is 0 Å². The molecule has 1 aromatic carbocycles. The van der Waals surface area contributed by atoms with Gasteiger partial charge in [0.1, 0.15) is 17.3 Å². The van der Waals surface area contributed by atoms with Gasteiger partial charge >= 0.3 is 13.8 Å². The number of hydrogen-bond donors (Lipinski definition) is 2. The standard InChI is InChI=1S/C27H37N2O11PS/c1-4-37-23(33)11-10-19(30)16-20(31)17-24(34)42-15-14-28-22(32)12-13-29-26(35)25-27(2,3)18-38-41(36,40-25)39-21-8-6-5-7-9-21/h5-9,25H,4,10-18H2,1-3H3,(H,28,32)(H,29,35)/t25-,41?/m0/s1.